The zero-order valence-electron chi connectivity index (χ0n) is 30.8. The molecule has 0 atom stereocenters. The van der Waals surface area contributed by atoms with Crippen LogP contribution in [-0.2, 0) is 47.0 Å². The first-order chi connectivity index (χ1) is 27.6. The minimum atomic E-state index is -0.927. The molecule has 0 spiro atoms. The zero-order chi connectivity index (χ0) is 40.8. The lowest BCUT2D eigenvalue weighted by molar-refractivity contribution is -0.384. The molecule has 0 saturated heterocycles. The largest absolute Gasteiger partial charge is 0.514 e. The second-order valence-corrected chi connectivity index (χ2v) is 12.3. The van der Waals surface area contributed by atoms with Crippen LogP contribution in [0.25, 0.3) is 0 Å². The number of rotatable bonds is 12. The van der Waals surface area contributed by atoms with Crippen LogP contribution >= 0.6 is 0 Å². The molecule has 13 nitrogen and oxygen atoms in total. The van der Waals surface area contributed by atoms with Gasteiger partial charge in [0, 0.05) is 29.2 Å². The van der Waals surface area contributed by atoms with Gasteiger partial charge in [-0.2, -0.15) is 0 Å². The van der Waals surface area contributed by atoms with E-state index in [1.54, 1.807) is 72.8 Å². The zero-order valence-corrected chi connectivity index (χ0v) is 30.8. The summed E-state index contributed by atoms with van der Waals surface area (Å²) >= 11 is 0. The monoisotopic (exact) mass is 770 g/mol. The Morgan fingerprint density at radius 2 is 0.982 bits per heavy atom. The third-order valence-electron chi connectivity index (χ3n) is 7.84. The highest BCUT2D eigenvalue weighted by molar-refractivity contribution is 5.92. The van der Waals surface area contributed by atoms with Crippen molar-refractivity contribution in [1.82, 2.24) is 0 Å². The molecule has 13 heteroatoms. The van der Waals surface area contributed by atoms with Gasteiger partial charge in [-0.1, -0.05) is 97.1 Å². The molecule has 0 unspecified atom stereocenters. The summed E-state index contributed by atoms with van der Waals surface area (Å²) < 4.78 is 9.99. The average Bonchev–Trinajstić information content (AvgIpc) is 3.22. The minimum absolute atomic E-state index is 0.0121. The quantitative estimate of drug-likeness (QED) is 0.0271. The van der Waals surface area contributed by atoms with Gasteiger partial charge in [0.1, 0.15) is 12.4 Å². The summed E-state index contributed by atoms with van der Waals surface area (Å²) in [6, 6.07) is 45.3. The molecule has 0 aromatic heterocycles. The maximum Gasteiger partial charge on any atom is 0.514 e. The standard InChI is InChI=1S/C22H18N2O6.C15H15NO2.C7H9NO/c25-21(14-16-4-2-1-3-5-16)23-18-8-6-17(7-9-18)15-29-22(26)30-20-12-10-19(11-13-20)24(27)28;17-11-13-6-8-14(9-7-13)16-15(18)10-12-4-2-1-3-5-12;8-7-3-1-6(5-9)2-4-7/h1-13H,14-15H2,(H,23,25);1-9,17H,10-11H2,(H,16,18);1-4,9H,5,8H2. The molecule has 6 N–H and O–H groups in total. The Balaban J connectivity index is 0.000000223. The van der Waals surface area contributed by atoms with Crippen molar-refractivity contribution in [3.63, 3.8) is 0 Å². The van der Waals surface area contributed by atoms with Gasteiger partial charge in [-0.3, -0.25) is 19.7 Å². The molecule has 0 radical (unpaired) electrons. The van der Waals surface area contributed by atoms with Crippen molar-refractivity contribution in [3.05, 3.63) is 196 Å². The number of nitrogens with zero attached hydrogens (tertiary/aromatic N) is 1. The maximum absolute atomic E-state index is 12.1. The van der Waals surface area contributed by atoms with E-state index in [4.69, 9.17) is 25.4 Å². The number of nitro benzene ring substituents is 1. The number of benzene rings is 6. The first-order valence-corrected chi connectivity index (χ1v) is 17.6. The molecule has 57 heavy (non-hydrogen) atoms. The van der Waals surface area contributed by atoms with Crippen LogP contribution in [0.3, 0.4) is 0 Å². The van der Waals surface area contributed by atoms with Crippen LogP contribution in [0.15, 0.2) is 158 Å². The van der Waals surface area contributed by atoms with E-state index in [0.29, 0.717) is 17.7 Å². The molecule has 6 rings (SSSR count). The number of ether oxygens (including phenoxy) is 2. The van der Waals surface area contributed by atoms with E-state index >= 15 is 0 Å². The number of amides is 2. The van der Waals surface area contributed by atoms with Crippen molar-refractivity contribution in [2.24, 2.45) is 0 Å². The van der Waals surface area contributed by atoms with E-state index in [1.165, 1.54) is 24.3 Å². The summed E-state index contributed by atoms with van der Waals surface area (Å²) in [6.45, 7) is 0.0720. The third kappa shape index (κ3) is 15.9. The van der Waals surface area contributed by atoms with Crippen LogP contribution in [0.2, 0.25) is 0 Å². The van der Waals surface area contributed by atoms with Gasteiger partial charge < -0.3 is 36.1 Å². The molecule has 0 saturated carbocycles. The van der Waals surface area contributed by atoms with E-state index in [9.17, 15) is 24.5 Å². The Morgan fingerprint density at radius 1 is 0.561 bits per heavy atom. The highest BCUT2D eigenvalue weighted by atomic mass is 16.7. The number of nitrogen functional groups attached to an aromatic ring is 1. The Bertz CT molecular complexity index is 2150. The lowest BCUT2D eigenvalue weighted by atomic mass is 10.1. The van der Waals surface area contributed by atoms with Crippen LogP contribution in [0.5, 0.6) is 5.75 Å². The summed E-state index contributed by atoms with van der Waals surface area (Å²) in [6.07, 6.45) is -0.285. The van der Waals surface area contributed by atoms with Gasteiger partial charge in [-0.15, -0.1) is 0 Å². The summed E-state index contributed by atoms with van der Waals surface area (Å²) in [5.41, 5.74) is 11.7. The van der Waals surface area contributed by atoms with E-state index in [1.807, 2.05) is 60.7 Å². The van der Waals surface area contributed by atoms with E-state index in [-0.39, 0.29) is 49.5 Å². The number of hydrogen-bond donors (Lipinski definition) is 5. The molecule has 2 amide bonds. The van der Waals surface area contributed by atoms with Crippen molar-refractivity contribution in [3.8, 4) is 5.75 Å². The molecular formula is C44H42N4O9. The molecule has 6 aromatic carbocycles. The maximum atomic E-state index is 12.1. The first kappa shape index (κ1) is 42.4. The van der Waals surface area contributed by atoms with Crippen LogP contribution in [-0.4, -0.2) is 33.1 Å². The fourth-order valence-electron chi connectivity index (χ4n) is 4.88. The number of nitrogens with one attached hydrogen (secondary N) is 2. The van der Waals surface area contributed by atoms with Crippen LogP contribution in [0, 0.1) is 10.1 Å². The first-order valence-electron chi connectivity index (χ1n) is 17.6. The summed E-state index contributed by atoms with van der Waals surface area (Å²) in [4.78, 5) is 45.7. The van der Waals surface area contributed by atoms with Crippen LogP contribution in [0.4, 0.5) is 27.5 Å². The molecule has 0 aliphatic carbocycles. The number of aliphatic hydroxyl groups is 2. The van der Waals surface area contributed by atoms with Gasteiger partial charge in [0.2, 0.25) is 11.8 Å². The van der Waals surface area contributed by atoms with Gasteiger partial charge in [0.05, 0.1) is 31.0 Å². The molecule has 0 heterocycles. The van der Waals surface area contributed by atoms with Gasteiger partial charge in [-0.05, 0) is 76.3 Å². The second kappa shape index (κ2) is 22.8. The average molecular weight is 771 g/mol. The molecule has 0 bridgehead atoms. The van der Waals surface area contributed by atoms with E-state index < -0.39 is 11.1 Å². The number of anilines is 3. The third-order valence-corrected chi connectivity index (χ3v) is 7.84. The molecule has 292 valence electrons. The number of aliphatic hydroxyl groups excluding tert-OH is 2. The van der Waals surface area contributed by atoms with Crippen LogP contribution in [0.1, 0.15) is 27.8 Å². The SMILES string of the molecule is Nc1ccc(CO)cc1.O=C(Cc1ccccc1)Nc1ccc(CO)cc1.O=C(Cc1ccccc1)Nc1ccc(COC(=O)Oc2ccc([N+](=O)[O-])cc2)cc1. The van der Waals surface area contributed by atoms with Gasteiger partial charge in [0.25, 0.3) is 5.69 Å². The normalized spacial score (nSPS) is 10.0. The van der Waals surface area contributed by atoms with Gasteiger partial charge >= 0.3 is 6.16 Å². The predicted molar refractivity (Wildman–Crippen MR) is 217 cm³/mol. The minimum Gasteiger partial charge on any atom is -0.429 e. The summed E-state index contributed by atoms with van der Waals surface area (Å²) in [5, 5.41) is 33.7. The van der Waals surface area contributed by atoms with Crippen molar-refractivity contribution < 1.29 is 39.0 Å². The molecule has 6 aromatic rings. The molecular weight excluding hydrogens is 729 g/mol. The van der Waals surface area contributed by atoms with Crippen molar-refractivity contribution in [1.29, 1.82) is 0 Å². The fraction of sp³-hybridized carbons (Fsp3) is 0.114. The highest BCUT2D eigenvalue weighted by Gasteiger charge is 2.10. The van der Waals surface area contributed by atoms with Gasteiger partial charge in [-0.25, -0.2) is 4.79 Å². The Labute approximate surface area is 329 Å². The number of carbonyl (C=O) groups excluding carboxylic acids is 3. The smallest absolute Gasteiger partial charge is 0.429 e. The summed E-state index contributed by atoms with van der Waals surface area (Å²) in [7, 11) is 0. The predicted octanol–water partition coefficient (Wildman–Crippen LogP) is 7.61. The summed E-state index contributed by atoms with van der Waals surface area (Å²) in [5.74, 6) is -0.0306. The highest BCUT2D eigenvalue weighted by Crippen LogP contribution is 2.18. The fourth-order valence-corrected chi connectivity index (χ4v) is 4.88. The number of hydrogen-bond acceptors (Lipinski definition) is 10. The van der Waals surface area contributed by atoms with E-state index in [0.717, 1.165) is 33.6 Å². The van der Waals surface area contributed by atoms with Crippen molar-refractivity contribution in [2.45, 2.75) is 32.7 Å². The molecule has 0 fully saturated rings. The Kier molecular flexibility index (Phi) is 16.9. The number of nitrogens with two attached hydrogens (primary N) is 1. The van der Waals surface area contributed by atoms with E-state index in [2.05, 4.69) is 10.6 Å². The van der Waals surface area contributed by atoms with Crippen molar-refractivity contribution in [2.75, 3.05) is 16.4 Å². The van der Waals surface area contributed by atoms with Gasteiger partial charge in [0.15, 0.2) is 0 Å². The van der Waals surface area contributed by atoms with Crippen molar-refractivity contribution >= 4 is 40.7 Å². The molecule has 0 aliphatic heterocycles. The number of nitro groups is 1. The lowest BCUT2D eigenvalue weighted by Crippen LogP contribution is -2.14. The lowest BCUT2D eigenvalue weighted by Gasteiger charge is -2.08. The second-order valence-electron chi connectivity index (χ2n) is 12.3. The Morgan fingerprint density at radius 3 is 1.40 bits per heavy atom. The topological polar surface area (TPSA) is 203 Å². The number of carbonyl (C=O) groups is 3. The van der Waals surface area contributed by atoms with Crippen LogP contribution < -0.4 is 21.1 Å². The Hall–Kier alpha value is -7.35. The molecule has 0 aliphatic rings. The number of non-ortho nitro benzene ring substituents is 1.